The molecule has 2 heterocycles. The van der Waals surface area contributed by atoms with E-state index in [4.69, 9.17) is 4.74 Å². The van der Waals surface area contributed by atoms with Crippen LogP contribution in [0.3, 0.4) is 0 Å². The second-order valence-electron chi connectivity index (χ2n) is 10.0. The topological polar surface area (TPSA) is 105 Å². The van der Waals surface area contributed by atoms with Crippen LogP contribution in [0.1, 0.15) is 41.9 Å². The van der Waals surface area contributed by atoms with Gasteiger partial charge in [0.15, 0.2) is 0 Å². The van der Waals surface area contributed by atoms with Crippen molar-refractivity contribution in [3.8, 4) is 6.01 Å². The van der Waals surface area contributed by atoms with Crippen LogP contribution in [0.2, 0.25) is 0 Å². The Labute approximate surface area is 246 Å². The third-order valence-corrected chi connectivity index (χ3v) is 7.47. The molecule has 0 saturated heterocycles. The van der Waals surface area contributed by atoms with E-state index in [1.807, 2.05) is 19.9 Å². The van der Waals surface area contributed by atoms with Gasteiger partial charge in [0, 0.05) is 40.3 Å². The van der Waals surface area contributed by atoms with E-state index in [1.54, 1.807) is 54.6 Å². The minimum atomic E-state index is -1.71. The molecule has 43 heavy (non-hydrogen) atoms. The van der Waals surface area contributed by atoms with Crippen LogP contribution in [0.4, 0.5) is 18.9 Å². The summed E-state index contributed by atoms with van der Waals surface area (Å²) in [6.07, 6.45) is -0.580. The molecule has 3 aromatic carbocycles. The van der Waals surface area contributed by atoms with E-state index in [9.17, 15) is 27.9 Å². The second-order valence-corrected chi connectivity index (χ2v) is 10.0. The highest BCUT2D eigenvalue weighted by molar-refractivity contribution is 5.97. The van der Waals surface area contributed by atoms with E-state index in [-0.39, 0.29) is 11.7 Å². The van der Waals surface area contributed by atoms with Crippen molar-refractivity contribution >= 4 is 17.6 Å². The second kappa shape index (κ2) is 12.2. The van der Waals surface area contributed by atoms with Crippen LogP contribution in [-0.4, -0.2) is 39.6 Å². The number of nitrogens with one attached hydrogen (secondary N) is 1. The summed E-state index contributed by atoms with van der Waals surface area (Å²) in [6, 6.07) is 17.8. The molecule has 1 aliphatic heterocycles. The molecule has 1 amide bonds. The fourth-order valence-electron chi connectivity index (χ4n) is 5.35. The molecule has 0 bridgehead atoms. The number of anilines is 1. The number of halogens is 3. The maximum Gasteiger partial charge on any atom is 0.347 e. The standard InChI is InChI=1S/C32H29F3N4O4/c1-3-21-16-22(4-2)38-31(37-21)43-29(30(41)42)32(19-10-6-5-7-11-19)24-12-8-9-13-27(24)39(28(40)17-36-32)18-23-25(34)14-20(33)15-26(23)35/h5-16,29,36H,3-4,17-18H2,1-2H3,(H,41,42)/t29-,32+/m1/s1. The largest absolute Gasteiger partial charge is 0.478 e. The minimum Gasteiger partial charge on any atom is -0.478 e. The highest BCUT2D eigenvalue weighted by atomic mass is 19.1. The van der Waals surface area contributed by atoms with Crippen molar-refractivity contribution in [3.05, 3.63) is 118 Å². The number of carbonyl (C=O) groups excluding carboxylic acids is 1. The number of carboxylic acid groups (broad SMARTS) is 1. The van der Waals surface area contributed by atoms with Gasteiger partial charge in [0.2, 0.25) is 12.0 Å². The highest BCUT2D eigenvalue weighted by Crippen LogP contribution is 2.42. The Morgan fingerprint density at radius 3 is 2.19 bits per heavy atom. The van der Waals surface area contributed by atoms with Gasteiger partial charge in [-0.3, -0.25) is 10.1 Å². The van der Waals surface area contributed by atoms with Gasteiger partial charge in [-0.25, -0.2) is 27.9 Å². The van der Waals surface area contributed by atoms with Crippen LogP contribution in [0, 0.1) is 17.5 Å². The molecule has 1 aliphatic rings. The summed E-state index contributed by atoms with van der Waals surface area (Å²) in [5, 5.41) is 13.8. The van der Waals surface area contributed by atoms with Crippen molar-refractivity contribution in [1.82, 2.24) is 15.3 Å². The van der Waals surface area contributed by atoms with Gasteiger partial charge >= 0.3 is 12.0 Å². The van der Waals surface area contributed by atoms with Gasteiger partial charge in [-0.15, -0.1) is 0 Å². The summed E-state index contributed by atoms with van der Waals surface area (Å²) in [5.41, 5.74) is 0.0518. The van der Waals surface area contributed by atoms with Crippen molar-refractivity contribution in [3.63, 3.8) is 0 Å². The molecule has 0 saturated carbocycles. The molecule has 11 heteroatoms. The number of benzene rings is 3. The zero-order valence-corrected chi connectivity index (χ0v) is 23.5. The summed E-state index contributed by atoms with van der Waals surface area (Å²) in [6.45, 7) is 2.81. The number of nitrogens with zero attached hydrogens (tertiary/aromatic N) is 3. The lowest BCUT2D eigenvalue weighted by atomic mass is 9.77. The number of ether oxygens (including phenoxy) is 1. The van der Waals surface area contributed by atoms with Crippen molar-refractivity contribution in [2.45, 2.75) is 44.9 Å². The van der Waals surface area contributed by atoms with Crippen LogP contribution in [-0.2, 0) is 34.5 Å². The summed E-state index contributed by atoms with van der Waals surface area (Å²) in [7, 11) is 0. The Bertz CT molecular complexity index is 1620. The summed E-state index contributed by atoms with van der Waals surface area (Å²) < 4.78 is 49.3. The molecule has 222 valence electrons. The number of carboxylic acids is 1. The third kappa shape index (κ3) is 5.68. The monoisotopic (exact) mass is 590 g/mol. The first-order chi connectivity index (χ1) is 20.7. The van der Waals surface area contributed by atoms with Crippen LogP contribution >= 0.6 is 0 Å². The van der Waals surface area contributed by atoms with E-state index in [0.29, 0.717) is 47.5 Å². The lowest BCUT2D eigenvalue weighted by Crippen LogP contribution is -2.58. The molecule has 8 nitrogen and oxygen atoms in total. The lowest BCUT2D eigenvalue weighted by Gasteiger charge is -2.39. The van der Waals surface area contributed by atoms with Crippen molar-refractivity contribution in [2.24, 2.45) is 0 Å². The number of amides is 1. The number of hydrogen-bond acceptors (Lipinski definition) is 6. The number of aliphatic carboxylic acids is 1. The maximum atomic E-state index is 14.7. The van der Waals surface area contributed by atoms with E-state index < -0.39 is 59.6 Å². The van der Waals surface area contributed by atoms with Crippen LogP contribution < -0.4 is 15.0 Å². The summed E-state index contributed by atoms with van der Waals surface area (Å²) >= 11 is 0. The van der Waals surface area contributed by atoms with E-state index in [2.05, 4.69) is 15.3 Å². The molecular formula is C32H29F3N4O4. The normalized spacial score (nSPS) is 17.2. The molecule has 0 fully saturated rings. The third-order valence-electron chi connectivity index (χ3n) is 7.47. The predicted octanol–water partition coefficient (Wildman–Crippen LogP) is 4.93. The fraction of sp³-hybridized carbons (Fsp3) is 0.250. The number of para-hydroxylation sites is 1. The number of aromatic nitrogens is 2. The zero-order chi connectivity index (χ0) is 30.7. The van der Waals surface area contributed by atoms with Gasteiger partial charge in [0.25, 0.3) is 0 Å². The Balaban J connectivity index is 1.72. The first-order valence-electron chi connectivity index (χ1n) is 13.8. The molecule has 0 radical (unpaired) electrons. The number of rotatable bonds is 9. The van der Waals surface area contributed by atoms with Crippen LogP contribution in [0.15, 0.2) is 72.8 Å². The molecule has 0 spiro atoms. The van der Waals surface area contributed by atoms with E-state index >= 15 is 0 Å². The van der Waals surface area contributed by atoms with Gasteiger partial charge in [0.1, 0.15) is 23.0 Å². The molecule has 5 rings (SSSR count). The molecule has 2 N–H and O–H groups in total. The van der Waals surface area contributed by atoms with Gasteiger partial charge in [-0.2, -0.15) is 0 Å². The molecule has 0 aliphatic carbocycles. The first kappa shape index (κ1) is 29.7. The van der Waals surface area contributed by atoms with E-state index in [1.165, 1.54) is 0 Å². The van der Waals surface area contributed by atoms with Crippen molar-refractivity contribution in [1.29, 1.82) is 0 Å². The Morgan fingerprint density at radius 2 is 1.58 bits per heavy atom. The average molecular weight is 591 g/mol. The molecule has 4 aromatic rings. The minimum absolute atomic E-state index is 0.138. The van der Waals surface area contributed by atoms with Gasteiger partial charge < -0.3 is 14.7 Å². The Morgan fingerprint density at radius 1 is 0.977 bits per heavy atom. The zero-order valence-electron chi connectivity index (χ0n) is 23.5. The first-order valence-corrected chi connectivity index (χ1v) is 13.8. The van der Waals surface area contributed by atoms with Crippen molar-refractivity contribution in [2.75, 3.05) is 11.4 Å². The Hall–Kier alpha value is -4.77. The maximum absolute atomic E-state index is 14.7. The molecule has 1 aromatic heterocycles. The van der Waals surface area contributed by atoms with Gasteiger partial charge in [-0.1, -0.05) is 62.4 Å². The Kier molecular flexibility index (Phi) is 8.45. The van der Waals surface area contributed by atoms with Crippen LogP contribution in [0.25, 0.3) is 0 Å². The summed E-state index contributed by atoms with van der Waals surface area (Å²) in [5.74, 6) is -5.36. The highest BCUT2D eigenvalue weighted by Gasteiger charge is 2.52. The number of carbonyl (C=O) groups is 2. The quantitative estimate of drug-likeness (QED) is 0.285. The average Bonchev–Trinajstić information content (AvgIpc) is 3.12. The predicted molar refractivity (Wildman–Crippen MR) is 152 cm³/mol. The van der Waals surface area contributed by atoms with E-state index in [0.717, 1.165) is 4.90 Å². The number of aryl methyl sites for hydroxylation is 2. The number of fused-ring (bicyclic) bond motifs is 1. The molecule has 0 unspecified atom stereocenters. The summed E-state index contributed by atoms with van der Waals surface area (Å²) in [4.78, 5) is 36.8. The van der Waals surface area contributed by atoms with Crippen LogP contribution in [0.5, 0.6) is 6.01 Å². The van der Waals surface area contributed by atoms with Gasteiger partial charge in [0.05, 0.1) is 13.1 Å². The lowest BCUT2D eigenvalue weighted by molar-refractivity contribution is -0.149. The number of hydrogen-bond donors (Lipinski definition) is 2. The fourth-order valence-corrected chi connectivity index (χ4v) is 5.35. The molecule has 2 atom stereocenters. The van der Waals surface area contributed by atoms with Gasteiger partial charge in [-0.05, 0) is 30.5 Å². The molecular weight excluding hydrogens is 561 g/mol. The van der Waals surface area contributed by atoms with Crippen molar-refractivity contribution < 1.29 is 32.6 Å². The SMILES string of the molecule is CCc1cc(CC)nc(O[C@H](C(=O)O)[C@@]2(c3ccccc3)NCC(=O)N(Cc3c(F)cc(F)cc3F)c3ccccc32)n1. The smallest absolute Gasteiger partial charge is 0.347 e.